The first kappa shape index (κ1) is 11.3. The molecule has 0 N–H and O–H groups in total. The Morgan fingerprint density at radius 2 is 2.39 bits per heavy atom. The van der Waals surface area contributed by atoms with Crippen molar-refractivity contribution in [3.8, 4) is 5.75 Å². The molecule has 0 radical (unpaired) electrons. The predicted molar refractivity (Wildman–Crippen MR) is 74.3 cm³/mol. The van der Waals surface area contributed by atoms with Crippen LogP contribution in [0.15, 0.2) is 28.1 Å². The normalized spacial score (nSPS) is 20.2. The lowest BCUT2D eigenvalue weighted by atomic mass is 10.1. The van der Waals surface area contributed by atoms with Crippen LogP contribution >= 0.6 is 11.8 Å². The number of allylic oxidation sites excluding steroid dienone is 1. The molecule has 0 spiro atoms. The Balaban J connectivity index is 1.97. The first-order valence-corrected chi connectivity index (χ1v) is 6.60. The quantitative estimate of drug-likeness (QED) is 0.777. The third-order valence-corrected chi connectivity index (χ3v) is 3.74. The van der Waals surface area contributed by atoms with Gasteiger partial charge >= 0.3 is 0 Å². The largest absolute Gasteiger partial charge is 0.482 e. The molecule has 2 aliphatic heterocycles. The van der Waals surface area contributed by atoms with E-state index in [0.717, 1.165) is 27.8 Å². The Morgan fingerprint density at radius 3 is 3.17 bits per heavy atom. The van der Waals surface area contributed by atoms with Crippen molar-refractivity contribution in [3.63, 3.8) is 0 Å². The van der Waals surface area contributed by atoms with E-state index in [0.29, 0.717) is 0 Å². The summed E-state index contributed by atoms with van der Waals surface area (Å²) in [6.45, 7) is 0.118. The summed E-state index contributed by atoms with van der Waals surface area (Å²) in [7, 11) is 1.77. The highest BCUT2D eigenvalue weighted by molar-refractivity contribution is 8.04. The first-order chi connectivity index (χ1) is 8.74. The van der Waals surface area contributed by atoms with E-state index in [1.54, 1.807) is 23.7 Å². The number of carbonyl (C=O) groups excluding carboxylic acids is 1. The summed E-state index contributed by atoms with van der Waals surface area (Å²) >= 11 is 1.70. The number of aliphatic imine (C=N–C) groups is 1. The zero-order chi connectivity index (χ0) is 12.5. The van der Waals surface area contributed by atoms with Gasteiger partial charge in [0.05, 0.1) is 11.6 Å². The van der Waals surface area contributed by atoms with Gasteiger partial charge in [0.25, 0.3) is 5.91 Å². The van der Waals surface area contributed by atoms with E-state index in [1.165, 1.54) is 0 Å². The minimum absolute atomic E-state index is 0.0240. The molecule has 3 rings (SSSR count). The number of hydrogen-bond acceptors (Lipinski definition) is 4. The second kappa shape index (κ2) is 4.49. The summed E-state index contributed by atoms with van der Waals surface area (Å²) in [6, 6.07) is 5.86. The molecule has 1 aromatic rings. The highest BCUT2D eigenvalue weighted by Gasteiger charge is 2.22. The fraction of sp³-hybridized carbons (Fsp3) is 0.231. The van der Waals surface area contributed by atoms with Crippen LogP contribution in [0.5, 0.6) is 5.75 Å². The van der Waals surface area contributed by atoms with Gasteiger partial charge in [0.2, 0.25) is 0 Å². The number of rotatable bonds is 1. The Labute approximate surface area is 109 Å². The maximum absolute atomic E-state index is 11.6. The number of fused-ring (bicyclic) bond motifs is 1. The van der Waals surface area contributed by atoms with Crippen LogP contribution in [0.1, 0.15) is 5.56 Å². The number of carbonyl (C=O) groups is 1. The predicted octanol–water partition coefficient (Wildman–Crippen LogP) is 2.16. The molecule has 1 amide bonds. The Hall–Kier alpha value is -1.75. The van der Waals surface area contributed by atoms with Gasteiger partial charge in [0.15, 0.2) is 6.61 Å². The molecule has 0 unspecified atom stereocenters. The summed E-state index contributed by atoms with van der Waals surface area (Å²) < 4.78 is 5.39. The lowest BCUT2D eigenvalue weighted by Crippen LogP contribution is -2.35. The number of likely N-dealkylation sites (N-methyl/N-ethyl adjacent to an activating group) is 1. The van der Waals surface area contributed by atoms with Crippen molar-refractivity contribution in [2.45, 2.75) is 0 Å². The van der Waals surface area contributed by atoms with Gasteiger partial charge < -0.3 is 9.64 Å². The highest BCUT2D eigenvalue weighted by atomic mass is 32.2. The van der Waals surface area contributed by atoms with Crippen LogP contribution in [-0.2, 0) is 4.79 Å². The van der Waals surface area contributed by atoms with Crippen molar-refractivity contribution < 1.29 is 9.53 Å². The molecule has 0 aliphatic carbocycles. The summed E-state index contributed by atoms with van der Waals surface area (Å²) in [5.41, 5.74) is 1.87. The molecule has 0 saturated carbocycles. The standard InChI is InChI=1S/C13H12N2O2S/c1-15-11-5-9(4-10-6-14-8-18-10)2-3-12(11)17-7-13(15)16/h2-6H,7-8H2,1H3. The third-order valence-electron chi connectivity index (χ3n) is 2.90. The van der Waals surface area contributed by atoms with Gasteiger partial charge in [-0.15, -0.1) is 11.8 Å². The minimum Gasteiger partial charge on any atom is -0.482 e. The monoisotopic (exact) mass is 260 g/mol. The van der Waals surface area contributed by atoms with Crippen molar-refractivity contribution in [3.05, 3.63) is 28.7 Å². The summed E-state index contributed by atoms with van der Waals surface area (Å²) in [5.74, 6) is 1.52. The topological polar surface area (TPSA) is 41.9 Å². The molecule has 1 aromatic carbocycles. The Kier molecular flexibility index (Phi) is 2.83. The SMILES string of the molecule is CN1C(=O)COc2ccc(C=C3C=NCS3)cc21. The van der Waals surface area contributed by atoms with Gasteiger partial charge in [-0.2, -0.15) is 0 Å². The number of anilines is 1. The number of thioether (sulfide) groups is 1. The number of amides is 1. The van der Waals surface area contributed by atoms with Crippen molar-refractivity contribution in [1.29, 1.82) is 0 Å². The summed E-state index contributed by atoms with van der Waals surface area (Å²) in [5, 5.41) is 0. The van der Waals surface area contributed by atoms with Crippen LogP contribution in [-0.4, -0.2) is 31.7 Å². The van der Waals surface area contributed by atoms with Gasteiger partial charge in [-0.1, -0.05) is 6.07 Å². The second-order valence-corrected chi connectivity index (χ2v) is 5.12. The molecule has 0 bridgehead atoms. The zero-order valence-electron chi connectivity index (χ0n) is 9.92. The van der Waals surface area contributed by atoms with Crippen LogP contribution in [0.2, 0.25) is 0 Å². The fourth-order valence-corrected chi connectivity index (χ4v) is 2.57. The molecule has 0 atom stereocenters. The number of nitrogens with zero attached hydrogens (tertiary/aromatic N) is 2. The number of hydrogen-bond donors (Lipinski definition) is 0. The minimum atomic E-state index is -0.0240. The van der Waals surface area contributed by atoms with E-state index in [2.05, 4.69) is 11.1 Å². The van der Waals surface area contributed by atoms with Gasteiger partial charge in [-0.3, -0.25) is 9.79 Å². The van der Waals surface area contributed by atoms with E-state index < -0.39 is 0 Å². The molecule has 2 heterocycles. The van der Waals surface area contributed by atoms with Crippen molar-refractivity contribution in [2.75, 3.05) is 24.4 Å². The Bertz CT molecular complexity index is 566. The lowest BCUT2D eigenvalue weighted by Gasteiger charge is -2.26. The van der Waals surface area contributed by atoms with E-state index in [9.17, 15) is 4.79 Å². The number of benzene rings is 1. The van der Waals surface area contributed by atoms with Gasteiger partial charge in [-0.25, -0.2) is 0 Å². The molecule has 0 fully saturated rings. The first-order valence-electron chi connectivity index (χ1n) is 5.62. The van der Waals surface area contributed by atoms with Crippen molar-refractivity contribution in [2.24, 2.45) is 4.99 Å². The summed E-state index contributed by atoms with van der Waals surface area (Å²) in [6.07, 6.45) is 3.93. The van der Waals surface area contributed by atoms with E-state index in [4.69, 9.17) is 4.74 Å². The molecule has 0 aromatic heterocycles. The van der Waals surface area contributed by atoms with Crippen LogP contribution in [0.4, 0.5) is 5.69 Å². The molecule has 2 aliphatic rings. The fourth-order valence-electron chi connectivity index (χ4n) is 1.90. The molecular weight excluding hydrogens is 248 g/mol. The maximum atomic E-state index is 11.6. The third kappa shape index (κ3) is 2.01. The molecule has 5 heteroatoms. The molecule has 92 valence electrons. The van der Waals surface area contributed by atoms with Crippen molar-refractivity contribution >= 4 is 35.6 Å². The molecule has 18 heavy (non-hydrogen) atoms. The van der Waals surface area contributed by atoms with E-state index >= 15 is 0 Å². The smallest absolute Gasteiger partial charge is 0.264 e. The highest BCUT2D eigenvalue weighted by Crippen LogP contribution is 2.33. The van der Waals surface area contributed by atoms with Crippen molar-refractivity contribution in [1.82, 2.24) is 0 Å². The maximum Gasteiger partial charge on any atom is 0.264 e. The molecule has 0 saturated heterocycles. The second-order valence-electron chi connectivity index (χ2n) is 4.10. The summed E-state index contributed by atoms with van der Waals surface area (Å²) in [4.78, 5) is 18.5. The average Bonchev–Trinajstić information content (AvgIpc) is 2.87. The molecule has 4 nitrogen and oxygen atoms in total. The van der Waals surface area contributed by atoms with Gasteiger partial charge in [-0.05, 0) is 23.8 Å². The van der Waals surface area contributed by atoms with Crippen LogP contribution in [0.25, 0.3) is 6.08 Å². The van der Waals surface area contributed by atoms with Crippen LogP contribution < -0.4 is 9.64 Å². The van der Waals surface area contributed by atoms with Crippen LogP contribution in [0, 0.1) is 0 Å². The average molecular weight is 260 g/mol. The van der Waals surface area contributed by atoms with Crippen LogP contribution in [0.3, 0.4) is 0 Å². The Morgan fingerprint density at radius 1 is 1.50 bits per heavy atom. The molecular formula is C13H12N2O2S. The lowest BCUT2D eigenvalue weighted by molar-refractivity contribution is -0.120. The van der Waals surface area contributed by atoms with E-state index in [-0.39, 0.29) is 12.5 Å². The number of ether oxygens (including phenoxy) is 1. The van der Waals surface area contributed by atoms with E-state index in [1.807, 2.05) is 24.4 Å². The van der Waals surface area contributed by atoms with Gasteiger partial charge in [0.1, 0.15) is 5.75 Å². The zero-order valence-corrected chi connectivity index (χ0v) is 10.7. The van der Waals surface area contributed by atoms with Gasteiger partial charge in [0, 0.05) is 18.2 Å².